The molecule has 0 aromatic heterocycles. The van der Waals surface area contributed by atoms with E-state index in [2.05, 4.69) is 15.4 Å². The van der Waals surface area contributed by atoms with Gasteiger partial charge in [0, 0.05) is 25.7 Å². The summed E-state index contributed by atoms with van der Waals surface area (Å²) in [6, 6.07) is 0. The Hall–Kier alpha value is -0.450. The fraction of sp³-hybridized carbons (Fsp3) is 0.929. The van der Waals surface area contributed by atoms with Crippen LogP contribution in [0.2, 0.25) is 0 Å². The number of ether oxygens (including phenoxy) is 2. The maximum Gasteiger partial charge on any atom is 0.235 e. The maximum absolute atomic E-state index is 11.9. The molecule has 0 radical (unpaired) electrons. The lowest BCUT2D eigenvalue weighted by Gasteiger charge is -2.37. The predicted molar refractivity (Wildman–Crippen MR) is 95.0 cm³/mol. The van der Waals surface area contributed by atoms with Gasteiger partial charge < -0.3 is 20.1 Å². The number of hydrogen-bond acceptors (Lipinski definition) is 6. The minimum Gasteiger partial charge on any atom is -0.384 e. The summed E-state index contributed by atoms with van der Waals surface area (Å²) in [7, 11) is -1.84. The number of amides is 1. The van der Waals surface area contributed by atoms with E-state index in [1.54, 1.807) is 14.0 Å². The number of rotatable bonds is 11. The molecule has 0 spiro atoms. The Labute approximate surface area is 150 Å². The zero-order valence-corrected chi connectivity index (χ0v) is 16.1. The van der Waals surface area contributed by atoms with Crippen molar-refractivity contribution in [2.24, 2.45) is 5.41 Å². The SMILES string of the molecule is CCOCCS(=O)(=O)NCC(=O)NCC1(COC)CCNCC1.Cl. The molecular formula is C14H30ClN3O5S. The molecule has 8 nitrogen and oxygen atoms in total. The Morgan fingerprint density at radius 2 is 1.96 bits per heavy atom. The summed E-state index contributed by atoms with van der Waals surface area (Å²) in [5.41, 5.74) is -0.0799. The molecule has 24 heavy (non-hydrogen) atoms. The normalized spacial score (nSPS) is 17.1. The number of halogens is 1. The van der Waals surface area contributed by atoms with E-state index in [0.717, 1.165) is 25.9 Å². The minimum atomic E-state index is -3.49. The van der Waals surface area contributed by atoms with E-state index in [-0.39, 0.29) is 42.6 Å². The monoisotopic (exact) mass is 387 g/mol. The van der Waals surface area contributed by atoms with Crippen LogP contribution < -0.4 is 15.4 Å². The summed E-state index contributed by atoms with van der Waals surface area (Å²) in [4.78, 5) is 11.9. The van der Waals surface area contributed by atoms with Crippen LogP contribution in [0, 0.1) is 5.41 Å². The Morgan fingerprint density at radius 3 is 2.54 bits per heavy atom. The number of sulfonamides is 1. The topological polar surface area (TPSA) is 106 Å². The molecule has 0 aromatic carbocycles. The summed E-state index contributed by atoms with van der Waals surface area (Å²) in [6.45, 7) is 4.98. The first-order chi connectivity index (χ1) is 10.9. The summed E-state index contributed by atoms with van der Waals surface area (Å²) >= 11 is 0. The van der Waals surface area contributed by atoms with Gasteiger partial charge in [0.25, 0.3) is 0 Å². The van der Waals surface area contributed by atoms with Gasteiger partial charge in [-0.1, -0.05) is 0 Å². The van der Waals surface area contributed by atoms with Gasteiger partial charge in [-0.05, 0) is 32.9 Å². The second kappa shape index (κ2) is 12.0. The maximum atomic E-state index is 11.9. The third kappa shape index (κ3) is 9.14. The molecule has 10 heteroatoms. The minimum absolute atomic E-state index is 0. The van der Waals surface area contributed by atoms with Crippen LogP contribution in [0.25, 0.3) is 0 Å². The largest absolute Gasteiger partial charge is 0.384 e. The second-order valence-corrected chi connectivity index (χ2v) is 7.72. The smallest absolute Gasteiger partial charge is 0.235 e. The highest BCUT2D eigenvalue weighted by atomic mass is 35.5. The van der Waals surface area contributed by atoms with Crippen molar-refractivity contribution in [3.63, 3.8) is 0 Å². The first kappa shape index (κ1) is 23.5. The third-order valence-electron chi connectivity index (χ3n) is 3.93. The van der Waals surface area contributed by atoms with Crippen LogP contribution in [0.5, 0.6) is 0 Å². The van der Waals surface area contributed by atoms with E-state index in [9.17, 15) is 13.2 Å². The molecule has 144 valence electrons. The third-order valence-corrected chi connectivity index (χ3v) is 5.22. The van der Waals surface area contributed by atoms with Crippen LogP contribution in [0.3, 0.4) is 0 Å². The van der Waals surface area contributed by atoms with Gasteiger partial charge in [0.2, 0.25) is 15.9 Å². The van der Waals surface area contributed by atoms with Crippen LogP contribution in [-0.4, -0.2) is 73.2 Å². The van der Waals surface area contributed by atoms with Gasteiger partial charge >= 0.3 is 0 Å². The van der Waals surface area contributed by atoms with E-state index in [0.29, 0.717) is 19.8 Å². The van der Waals surface area contributed by atoms with E-state index in [1.165, 1.54) is 0 Å². The summed E-state index contributed by atoms with van der Waals surface area (Å²) in [5.74, 6) is -0.480. The van der Waals surface area contributed by atoms with Crippen LogP contribution in [0.1, 0.15) is 19.8 Å². The summed E-state index contributed by atoms with van der Waals surface area (Å²) in [6.07, 6.45) is 1.84. The van der Waals surface area contributed by atoms with Crippen LogP contribution in [-0.2, 0) is 24.3 Å². The number of piperidine rings is 1. The quantitative estimate of drug-likeness (QED) is 0.412. The Morgan fingerprint density at radius 1 is 1.29 bits per heavy atom. The number of methoxy groups -OCH3 is 1. The van der Waals surface area contributed by atoms with E-state index in [1.807, 2.05) is 0 Å². The van der Waals surface area contributed by atoms with Crippen molar-refractivity contribution >= 4 is 28.3 Å². The van der Waals surface area contributed by atoms with Gasteiger partial charge in [-0.2, -0.15) is 0 Å². The van der Waals surface area contributed by atoms with Crippen LogP contribution in [0.4, 0.5) is 0 Å². The van der Waals surface area contributed by atoms with Crippen LogP contribution in [0.15, 0.2) is 0 Å². The highest BCUT2D eigenvalue weighted by molar-refractivity contribution is 7.89. The summed E-state index contributed by atoms with van der Waals surface area (Å²) < 4.78 is 35.9. The second-order valence-electron chi connectivity index (χ2n) is 5.80. The van der Waals surface area contributed by atoms with Gasteiger partial charge in [-0.15, -0.1) is 12.4 Å². The average molecular weight is 388 g/mol. The molecule has 0 atom stereocenters. The van der Waals surface area contributed by atoms with E-state index in [4.69, 9.17) is 9.47 Å². The van der Waals surface area contributed by atoms with Gasteiger partial charge in [0.15, 0.2) is 0 Å². The molecule has 1 aliphatic rings. The lowest BCUT2D eigenvalue weighted by molar-refractivity contribution is -0.120. The zero-order valence-electron chi connectivity index (χ0n) is 14.4. The van der Waals surface area contributed by atoms with Crippen molar-refractivity contribution in [3.8, 4) is 0 Å². The van der Waals surface area contributed by atoms with Gasteiger partial charge in [-0.3, -0.25) is 4.79 Å². The highest BCUT2D eigenvalue weighted by Crippen LogP contribution is 2.28. The van der Waals surface area contributed by atoms with Gasteiger partial charge in [0.05, 0.1) is 25.5 Å². The van der Waals surface area contributed by atoms with Crippen molar-refractivity contribution in [2.75, 3.05) is 58.9 Å². The first-order valence-corrected chi connectivity index (χ1v) is 9.60. The standard InChI is InChI=1S/C14H29N3O5S.ClH/c1-3-22-8-9-23(19,20)17-10-13(18)16-11-14(12-21-2)4-6-15-7-5-14;/h15,17H,3-12H2,1-2H3,(H,16,18);1H. The fourth-order valence-corrected chi connectivity index (χ4v) is 3.38. The predicted octanol–water partition coefficient (Wildman–Crippen LogP) is -0.503. The molecule has 0 aliphatic carbocycles. The van der Waals surface area contributed by atoms with Crippen molar-refractivity contribution in [2.45, 2.75) is 19.8 Å². The molecule has 0 aromatic rings. The molecule has 1 saturated heterocycles. The van der Waals surface area contributed by atoms with Crippen molar-refractivity contribution in [1.82, 2.24) is 15.4 Å². The molecule has 1 heterocycles. The molecule has 0 bridgehead atoms. The molecule has 1 fully saturated rings. The van der Waals surface area contributed by atoms with Crippen molar-refractivity contribution < 1.29 is 22.7 Å². The highest BCUT2D eigenvalue weighted by Gasteiger charge is 2.32. The lowest BCUT2D eigenvalue weighted by atomic mass is 9.79. The molecule has 1 amide bonds. The Kier molecular flexibility index (Phi) is 11.8. The Balaban J connectivity index is 0.00000529. The van der Waals surface area contributed by atoms with Crippen molar-refractivity contribution in [3.05, 3.63) is 0 Å². The number of hydrogen-bond donors (Lipinski definition) is 3. The van der Waals surface area contributed by atoms with E-state index >= 15 is 0 Å². The number of carbonyl (C=O) groups is 1. The Bertz CT molecular complexity index is 450. The van der Waals surface area contributed by atoms with E-state index < -0.39 is 10.0 Å². The molecule has 0 unspecified atom stereocenters. The van der Waals surface area contributed by atoms with Crippen LogP contribution >= 0.6 is 12.4 Å². The van der Waals surface area contributed by atoms with Gasteiger partial charge in [0.1, 0.15) is 0 Å². The van der Waals surface area contributed by atoms with Gasteiger partial charge in [-0.25, -0.2) is 13.1 Å². The zero-order chi connectivity index (χ0) is 17.2. The van der Waals surface area contributed by atoms with Crippen molar-refractivity contribution in [1.29, 1.82) is 0 Å². The molecule has 1 rings (SSSR count). The number of nitrogens with one attached hydrogen (secondary N) is 3. The average Bonchev–Trinajstić information content (AvgIpc) is 2.52. The number of carbonyl (C=O) groups excluding carboxylic acids is 1. The summed E-state index contributed by atoms with van der Waals surface area (Å²) in [5, 5.41) is 6.10. The fourth-order valence-electron chi connectivity index (χ4n) is 2.54. The molecule has 0 saturated carbocycles. The first-order valence-electron chi connectivity index (χ1n) is 7.94. The molecular weight excluding hydrogens is 358 g/mol. The molecule has 3 N–H and O–H groups in total. The lowest BCUT2D eigenvalue weighted by Crippen LogP contribution is -2.48. The molecule has 1 aliphatic heterocycles.